The van der Waals surface area contributed by atoms with Gasteiger partial charge in [-0.1, -0.05) is 23.7 Å². The molecule has 1 N–H and O–H groups in total. The fraction of sp³-hybridized carbons (Fsp3) is 0.143. The van der Waals surface area contributed by atoms with Crippen molar-refractivity contribution in [1.29, 1.82) is 0 Å². The van der Waals surface area contributed by atoms with Gasteiger partial charge in [0.15, 0.2) is 0 Å². The van der Waals surface area contributed by atoms with Crippen LogP contribution in [0.2, 0.25) is 5.02 Å². The molecule has 0 saturated carbocycles. The molecule has 22 heavy (non-hydrogen) atoms. The van der Waals surface area contributed by atoms with Gasteiger partial charge in [0.25, 0.3) is 15.7 Å². The number of hydrogen-bond acceptors (Lipinski definition) is 4. The number of rotatable bonds is 4. The zero-order valence-electron chi connectivity index (χ0n) is 11.8. The third-order valence-electron chi connectivity index (χ3n) is 3.20. The average molecular weight is 341 g/mol. The number of nitro benzene ring substituents is 1. The molecule has 0 radical (unpaired) electrons. The third-order valence-corrected chi connectivity index (χ3v) is 4.97. The Morgan fingerprint density at radius 3 is 2.50 bits per heavy atom. The standard InChI is InChI=1S/C14H13ClN2O4S/c1-9-6-7-11(8-14(9)17(18)19)22(20,21)16-13-5-3-4-12(15)10(13)2/h3-8,16H,1-2H3. The molecule has 0 atom stereocenters. The van der Waals surface area contributed by atoms with E-state index in [2.05, 4.69) is 4.72 Å². The second-order valence-electron chi connectivity index (χ2n) is 4.72. The first-order valence-corrected chi connectivity index (χ1v) is 8.11. The predicted molar refractivity (Wildman–Crippen MR) is 84.8 cm³/mol. The largest absolute Gasteiger partial charge is 0.279 e. The Labute approximate surface area is 132 Å². The van der Waals surface area contributed by atoms with Gasteiger partial charge in [-0.15, -0.1) is 0 Å². The van der Waals surface area contributed by atoms with Gasteiger partial charge in [-0.05, 0) is 37.6 Å². The number of benzene rings is 2. The van der Waals surface area contributed by atoms with Gasteiger partial charge in [-0.25, -0.2) is 8.42 Å². The topological polar surface area (TPSA) is 89.3 Å². The Hall–Kier alpha value is -2.12. The highest BCUT2D eigenvalue weighted by atomic mass is 35.5. The van der Waals surface area contributed by atoms with Crippen LogP contribution in [0.4, 0.5) is 11.4 Å². The summed E-state index contributed by atoms with van der Waals surface area (Å²) in [6.45, 7) is 3.22. The van der Waals surface area contributed by atoms with Gasteiger partial charge in [-0.3, -0.25) is 14.8 Å². The number of sulfonamides is 1. The third kappa shape index (κ3) is 3.20. The molecule has 116 valence electrons. The number of hydrogen-bond donors (Lipinski definition) is 1. The summed E-state index contributed by atoms with van der Waals surface area (Å²) in [5.41, 5.74) is 1.05. The highest BCUT2D eigenvalue weighted by Gasteiger charge is 2.20. The van der Waals surface area contributed by atoms with Crippen LogP contribution in [0.5, 0.6) is 0 Å². The first kappa shape index (κ1) is 16.3. The van der Waals surface area contributed by atoms with Crippen LogP contribution >= 0.6 is 11.6 Å². The van der Waals surface area contributed by atoms with Crippen molar-refractivity contribution in [3.05, 3.63) is 62.7 Å². The van der Waals surface area contributed by atoms with Gasteiger partial charge in [0, 0.05) is 16.7 Å². The molecule has 0 saturated heterocycles. The van der Waals surface area contributed by atoms with Crippen LogP contribution in [0.25, 0.3) is 0 Å². The van der Waals surface area contributed by atoms with E-state index in [0.717, 1.165) is 6.07 Å². The van der Waals surface area contributed by atoms with E-state index in [1.807, 2.05) is 0 Å². The van der Waals surface area contributed by atoms with Crippen LogP contribution < -0.4 is 4.72 Å². The average Bonchev–Trinajstić information content (AvgIpc) is 2.43. The molecule has 0 aromatic heterocycles. The molecule has 2 rings (SSSR count). The van der Waals surface area contributed by atoms with Crippen molar-refractivity contribution in [2.45, 2.75) is 18.7 Å². The summed E-state index contributed by atoms with van der Waals surface area (Å²) >= 11 is 5.95. The normalized spacial score (nSPS) is 11.2. The zero-order chi connectivity index (χ0) is 16.5. The Morgan fingerprint density at radius 2 is 1.86 bits per heavy atom. The van der Waals surface area contributed by atoms with Gasteiger partial charge < -0.3 is 0 Å². The van der Waals surface area contributed by atoms with Gasteiger partial charge in [0.05, 0.1) is 15.5 Å². The lowest BCUT2D eigenvalue weighted by molar-refractivity contribution is -0.385. The molecule has 0 aliphatic carbocycles. The van der Waals surface area contributed by atoms with Gasteiger partial charge in [0.1, 0.15) is 0 Å². The number of aryl methyl sites for hydroxylation is 1. The molecule has 6 nitrogen and oxygen atoms in total. The van der Waals surface area contributed by atoms with Crippen molar-refractivity contribution >= 4 is 33.0 Å². The smallest absolute Gasteiger partial charge is 0.273 e. The number of anilines is 1. The summed E-state index contributed by atoms with van der Waals surface area (Å²) < 4.78 is 27.1. The van der Waals surface area contributed by atoms with E-state index < -0.39 is 14.9 Å². The first-order chi connectivity index (χ1) is 10.2. The minimum Gasteiger partial charge on any atom is -0.279 e. The summed E-state index contributed by atoms with van der Waals surface area (Å²) in [6.07, 6.45) is 0. The van der Waals surface area contributed by atoms with Crippen molar-refractivity contribution in [2.75, 3.05) is 4.72 Å². The minimum atomic E-state index is -3.94. The van der Waals surface area contributed by atoms with Gasteiger partial charge in [-0.2, -0.15) is 0 Å². The van der Waals surface area contributed by atoms with E-state index in [-0.39, 0.29) is 10.6 Å². The first-order valence-electron chi connectivity index (χ1n) is 6.25. The second kappa shape index (κ2) is 5.94. The Morgan fingerprint density at radius 1 is 1.18 bits per heavy atom. The summed E-state index contributed by atoms with van der Waals surface area (Å²) in [6, 6.07) is 8.59. The molecular formula is C14H13ClN2O4S. The molecule has 0 fully saturated rings. The predicted octanol–water partition coefficient (Wildman–Crippen LogP) is 3.67. The van der Waals surface area contributed by atoms with E-state index in [9.17, 15) is 18.5 Å². The van der Waals surface area contributed by atoms with Crippen molar-refractivity contribution < 1.29 is 13.3 Å². The Bertz CT molecular complexity index is 850. The molecule has 0 bridgehead atoms. The van der Waals surface area contributed by atoms with Crippen LogP contribution in [-0.4, -0.2) is 13.3 Å². The summed E-state index contributed by atoms with van der Waals surface area (Å²) in [5.74, 6) is 0. The lowest BCUT2D eigenvalue weighted by Crippen LogP contribution is -2.14. The monoisotopic (exact) mass is 340 g/mol. The quantitative estimate of drug-likeness (QED) is 0.679. The fourth-order valence-corrected chi connectivity index (χ4v) is 3.19. The zero-order valence-corrected chi connectivity index (χ0v) is 13.4. The molecule has 0 amide bonds. The Kier molecular flexibility index (Phi) is 4.39. The number of halogens is 1. The fourth-order valence-electron chi connectivity index (χ4n) is 1.87. The SMILES string of the molecule is Cc1ccc(S(=O)(=O)Nc2cccc(Cl)c2C)cc1[N+](=O)[O-]. The van der Waals surface area contributed by atoms with Crippen LogP contribution in [0.15, 0.2) is 41.3 Å². The van der Waals surface area contributed by atoms with Crippen LogP contribution in [-0.2, 0) is 10.0 Å². The van der Waals surface area contributed by atoms with Gasteiger partial charge >= 0.3 is 0 Å². The summed E-state index contributed by atoms with van der Waals surface area (Å²) in [7, 11) is -3.94. The highest BCUT2D eigenvalue weighted by Crippen LogP contribution is 2.27. The minimum absolute atomic E-state index is 0.177. The molecule has 0 aliphatic heterocycles. The van der Waals surface area contributed by atoms with Crippen LogP contribution in [0.1, 0.15) is 11.1 Å². The molecule has 2 aromatic carbocycles. The maximum atomic E-state index is 12.4. The van der Waals surface area contributed by atoms with Crippen molar-refractivity contribution in [2.24, 2.45) is 0 Å². The van der Waals surface area contributed by atoms with E-state index in [1.165, 1.54) is 12.1 Å². The van der Waals surface area contributed by atoms with Crippen LogP contribution in [0, 0.1) is 24.0 Å². The van der Waals surface area contributed by atoms with E-state index in [1.54, 1.807) is 32.0 Å². The molecule has 0 heterocycles. The van der Waals surface area contributed by atoms with Crippen LogP contribution in [0.3, 0.4) is 0 Å². The van der Waals surface area contributed by atoms with E-state index in [4.69, 9.17) is 11.6 Å². The number of nitrogens with one attached hydrogen (secondary N) is 1. The maximum absolute atomic E-state index is 12.4. The van der Waals surface area contributed by atoms with Crippen molar-refractivity contribution in [3.8, 4) is 0 Å². The van der Waals surface area contributed by atoms with Gasteiger partial charge in [0.2, 0.25) is 0 Å². The van der Waals surface area contributed by atoms with E-state index in [0.29, 0.717) is 21.8 Å². The molecule has 0 aliphatic rings. The summed E-state index contributed by atoms with van der Waals surface area (Å²) in [4.78, 5) is 10.1. The Balaban J connectivity index is 2.45. The molecule has 0 unspecified atom stereocenters. The summed E-state index contributed by atoms with van der Waals surface area (Å²) in [5, 5.41) is 11.4. The second-order valence-corrected chi connectivity index (χ2v) is 6.81. The van der Waals surface area contributed by atoms with Crippen molar-refractivity contribution in [1.82, 2.24) is 0 Å². The highest BCUT2D eigenvalue weighted by molar-refractivity contribution is 7.92. The number of nitro groups is 1. The van der Waals surface area contributed by atoms with Crippen molar-refractivity contribution in [3.63, 3.8) is 0 Å². The molecule has 2 aromatic rings. The van der Waals surface area contributed by atoms with E-state index >= 15 is 0 Å². The lowest BCUT2D eigenvalue weighted by atomic mass is 10.2. The lowest BCUT2D eigenvalue weighted by Gasteiger charge is -2.11. The number of nitrogens with zero attached hydrogens (tertiary/aromatic N) is 1. The molecule has 8 heteroatoms. The molecule has 0 spiro atoms. The molecular weight excluding hydrogens is 328 g/mol. The maximum Gasteiger partial charge on any atom is 0.273 e.